The third-order valence-electron chi connectivity index (χ3n) is 4.40. The first-order valence-electron chi connectivity index (χ1n) is 8.77. The van der Waals surface area contributed by atoms with E-state index in [0.717, 1.165) is 5.69 Å². The van der Waals surface area contributed by atoms with Gasteiger partial charge in [0.05, 0.1) is 38.0 Å². The maximum atomic E-state index is 13.1. The molecule has 0 unspecified atom stereocenters. The van der Waals surface area contributed by atoms with Crippen LogP contribution in [-0.2, 0) is 0 Å². The van der Waals surface area contributed by atoms with Crippen molar-refractivity contribution in [3.8, 4) is 17.2 Å². The van der Waals surface area contributed by atoms with E-state index >= 15 is 0 Å². The monoisotopic (exact) mass is 385 g/mol. The van der Waals surface area contributed by atoms with Crippen LogP contribution in [0.5, 0.6) is 17.2 Å². The number of aromatic nitrogens is 2. The molecule has 3 aromatic rings. The van der Waals surface area contributed by atoms with E-state index in [9.17, 15) is 4.79 Å². The number of anilines is 1. The highest BCUT2D eigenvalue weighted by Gasteiger charge is 2.21. The lowest BCUT2D eigenvalue weighted by Gasteiger charge is -2.15. The fourth-order valence-electron chi connectivity index (χ4n) is 2.94. The summed E-state index contributed by atoms with van der Waals surface area (Å²) in [5, 5.41) is 7.42. The van der Waals surface area contributed by atoms with E-state index in [1.165, 1.54) is 21.3 Å². The Balaban J connectivity index is 2.05. The van der Waals surface area contributed by atoms with Crippen LogP contribution in [0.3, 0.4) is 0 Å². The average molecular weight is 385 g/mol. The second-order valence-electron chi connectivity index (χ2n) is 6.57. The molecule has 148 valence electrons. The fourth-order valence-corrected chi connectivity index (χ4v) is 2.94. The van der Waals surface area contributed by atoms with Crippen molar-refractivity contribution in [3.63, 3.8) is 0 Å². The number of aryl methyl sites for hydroxylation is 1. The summed E-state index contributed by atoms with van der Waals surface area (Å²) in [5.74, 6) is 1.16. The smallest absolute Gasteiger partial charge is 0.259 e. The molecule has 0 fully saturated rings. The van der Waals surface area contributed by atoms with Gasteiger partial charge in [0.25, 0.3) is 11.6 Å². The summed E-state index contributed by atoms with van der Waals surface area (Å²) in [6.07, 6.45) is 0. The topological polar surface area (TPSA) is 95.7 Å². The first-order chi connectivity index (χ1) is 13.4. The summed E-state index contributed by atoms with van der Waals surface area (Å²) >= 11 is 0. The van der Waals surface area contributed by atoms with Crippen LogP contribution in [0.25, 0.3) is 11.1 Å². The number of carbonyl (C=O) groups is 1. The van der Waals surface area contributed by atoms with Gasteiger partial charge in [0.1, 0.15) is 0 Å². The van der Waals surface area contributed by atoms with E-state index in [0.29, 0.717) is 45.3 Å². The number of amides is 1. The van der Waals surface area contributed by atoms with Crippen LogP contribution in [0.4, 0.5) is 5.69 Å². The van der Waals surface area contributed by atoms with Crippen LogP contribution in [0.2, 0.25) is 0 Å². The molecule has 8 nitrogen and oxygen atoms in total. The second-order valence-corrected chi connectivity index (χ2v) is 6.57. The highest BCUT2D eigenvalue weighted by molar-refractivity contribution is 6.12. The minimum absolute atomic E-state index is 0.127. The van der Waals surface area contributed by atoms with Gasteiger partial charge in [0.2, 0.25) is 5.75 Å². The van der Waals surface area contributed by atoms with Gasteiger partial charge in [-0.15, -0.1) is 0 Å². The van der Waals surface area contributed by atoms with Crippen molar-refractivity contribution in [3.05, 3.63) is 35.2 Å². The summed E-state index contributed by atoms with van der Waals surface area (Å²) in [7, 11) is 4.56. The van der Waals surface area contributed by atoms with E-state index < -0.39 is 0 Å². The first kappa shape index (κ1) is 19.5. The molecule has 0 saturated heterocycles. The molecule has 0 spiro atoms. The van der Waals surface area contributed by atoms with Crippen LogP contribution in [0, 0.1) is 6.92 Å². The predicted molar refractivity (Wildman–Crippen MR) is 105 cm³/mol. The minimum atomic E-state index is -0.310. The standard InChI is InChI=1S/C20H23N3O5/c1-10(2)14-9-13(17-11(3)23-28-20(17)22-14)19(24)21-12-7-15(25-4)18(27-6)16(8-12)26-5/h7-10H,1-6H3,(H,21,24). The highest BCUT2D eigenvalue weighted by atomic mass is 16.5. The Kier molecular flexibility index (Phi) is 5.39. The van der Waals surface area contributed by atoms with Gasteiger partial charge in [-0.2, -0.15) is 0 Å². The quantitative estimate of drug-likeness (QED) is 0.687. The number of methoxy groups -OCH3 is 3. The first-order valence-corrected chi connectivity index (χ1v) is 8.77. The van der Waals surface area contributed by atoms with Crippen molar-refractivity contribution in [1.82, 2.24) is 10.1 Å². The lowest BCUT2D eigenvalue weighted by atomic mass is 10.0. The number of carbonyl (C=O) groups excluding carboxylic acids is 1. The van der Waals surface area contributed by atoms with Crippen LogP contribution in [0.1, 0.15) is 41.5 Å². The van der Waals surface area contributed by atoms with Crippen molar-refractivity contribution in [2.45, 2.75) is 26.7 Å². The molecule has 0 bridgehead atoms. The van der Waals surface area contributed by atoms with E-state index in [2.05, 4.69) is 15.5 Å². The Morgan fingerprint density at radius 2 is 1.71 bits per heavy atom. The molecule has 0 saturated carbocycles. The zero-order valence-corrected chi connectivity index (χ0v) is 16.7. The molecule has 0 atom stereocenters. The summed E-state index contributed by atoms with van der Waals surface area (Å²) < 4.78 is 21.3. The average Bonchev–Trinajstić information content (AvgIpc) is 3.07. The molecule has 0 radical (unpaired) electrons. The Bertz CT molecular complexity index is 1000. The molecular formula is C20H23N3O5. The van der Waals surface area contributed by atoms with Crippen LogP contribution >= 0.6 is 0 Å². The van der Waals surface area contributed by atoms with Crippen LogP contribution in [-0.4, -0.2) is 37.4 Å². The maximum Gasteiger partial charge on any atom is 0.259 e. The second kappa shape index (κ2) is 7.75. The molecule has 3 rings (SSSR count). The van der Waals surface area contributed by atoms with Gasteiger partial charge in [0.15, 0.2) is 11.5 Å². The van der Waals surface area contributed by atoms with Crippen molar-refractivity contribution in [2.24, 2.45) is 0 Å². The lowest BCUT2D eigenvalue weighted by molar-refractivity contribution is 0.102. The molecule has 2 aromatic heterocycles. The SMILES string of the molecule is COc1cc(NC(=O)c2cc(C(C)C)nc3onc(C)c23)cc(OC)c1OC. The zero-order valence-electron chi connectivity index (χ0n) is 16.7. The molecule has 2 heterocycles. The van der Waals surface area contributed by atoms with Gasteiger partial charge in [-0.05, 0) is 18.9 Å². The summed E-state index contributed by atoms with van der Waals surface area (Å²) in [4.78, 5) is 17.5. The number of fused-ring (bicyclic) bond motifs is 1. The number of nitrogens with zero attached hydrogens (tertiary/aromatic N) is 2. The van der Waals surface area contributed by atoms with Crippen LogP contribution in [0.15, 0.2) is 22.7 Å². The van der Waals surface area contributed by atoms with Gasteiger partial charge in [0, 0.05) is 23.5 Å². The van der Waals surface area contributed by atoms with Gasteiger partial charge < -0.3 is 24.1 Å². The number of pyridine rings is 1. The number of ether oxygens (including phenoxy) is 3. The van der Waals surface area contributed by atoms with Gasteiger partial charge in [-0.3, -0.25) is 4.79 Å². The summed E-state index contributed by atoms with van der Waals surface area (Å²) in [5.41, 5.74) is 2.65. The van der Waals surface area contributed by atoms with E-state index in [1.54, 1.807) is 25.1 Å². The number of nitrogens with one attached hydrogen (secondary N) is 1. The van der Waals surface area contributed by atoms with Crippen molar-refractivity contribution >= 4 is 22.7 Å². The fraction of sp³-hybridized carbons (Fsp3) is 0.350. The molecule has 28 heavy (non-hydrogen) atoms. The normalized spacial score (nSPS) is 11.0. The molecule has 1 N–H and O–H groups in total. The Morgan fingerprint density at radius 3 is 2.25 bits per heavy atom. The van der Waals surface area contributed by atoms with E-state index in [4.69, 9.17) is 18.7 Å². The third kappa shape index (κ3) is 3.45. The predicted octanol–water partition coefficient (Wildman–Crippen LogP) is 3.93. The number of rotatable bonds is 6. The minimum Gasteiger partial charge on any atom is -0.493 e. The van der Waals surface area contributed by atoms with E-state index in [1.807, 2.05) is 13.8 Å². The molecule has 1 amide bonds. The maximum absolute atomic E-state index is 13.1. The summed E-state index contributed by atoms with van der Waals surface area (Å²) in [6.45, 7) is 5.77. The van der Waals surface area contributed by atoms with E-state index in [-0.39, 0.29) is 11.8 Å². The number of benzene rings is 1. The van der Waals surface area contributed by atoms with Crippen molar-refractivity contribution < 1.29 is 23.5 Å². The Labute approximate surface area is 162 Å². The Hall–Kier alpha value is -3.29. The molecule has 0 aliphatic heterocycles. The zero-order chi connectivity index (χ0) is 20.4. The number of hydrogen-bond acceptors (Lipinski definition) is 7. The van der Waals surface area contributed by atoms with Crippen molar-refractivity contribution in [2.75, 3.05) is 26.6 Å². The molecule has 1 aromatic carbocycles. The Morgan fingerprint density at radius 1 is 1.07 bits per heavy atom. The van der Waals surface area contributed by atoms with Gasteiger partial charge in [-0.1, -0.05) is 19.0 Å². The van der Waals surface area contributed by atoms with Crippen LogP contribution < -0.4 is 19.5 Å². The van der Waals surface area contributed by atoms with Gasteiger partial charge >= 0.3 is 0 Å². The molecule has 8 heteroatoms. The third-order valence-corrected chi connectivity index (χ3v) is 4.40. The van der Waals surface area contributed by atoms with Gasteiger partial charge in [-0.25, -0.2) is 4.98 Å². The number of hydrogen-bond donors (Lipinski definition) is 1. The van der Waals surface area contributed by atoms with Crippen molar-refractivity contribution in [1.29, 1.82) is 0 Å². The summed E-state index contributed by atoms with van der Waals surface area (Å²) in [6, 6.07) is 5.10. The lowest BCUT2D eigenvalue weighted by Crippen LogP contribution is -2.14. The highest BCUT2D eigenvalue weighted by Crippen LogP contribution is 2.40. The molecular weight excluding hydrogens is 362 g/mol. The molecule has 0 aliphatic carbocycles. The largest absolute Gasteiger partial charge is 0.493 e. The molecule has 0 aliphatic rings.